The molecule has 1 aromatic carbocycles. The van der Waals surface area contributed by atoms with Crippen molar-refractivity contribution in [2.75, 3.05) is 7.11 Å². The predicted octanol–water partition coefficient (Wildman–Crippen LogP) is 6.46. The van der Waals surface area contributed by atoms with Crippen LogP contribution in [0.1, 0.15) is 62.7 Å². The van der Waals surface area contributed by atoms with E-state index in [2.05, 4.69) is 0 Å². The van der Waals surface area contributed by atoms with E-state index in [0.717, 1.165) is 0 Å². The number of Topliss-reactive ketones (excluding diaryl/α,β-unsaturated/α-hetero) is 1. The summed E-state index contributed by atoms with van der Waals surface area (Å²) in [6.07, 6.45) is -2.67. The zero-order valence-electron chi connectivity index (χ0n) is 15.5. The number of methoxy groups -OCH3 is 1. The lowest BCUT2D eigenvalue weighted by Crippen LogP contribution is -2.26. The highest BCUT2D eigenvalue weighted by Gasteiger charge is 2.40. The molecule has 0 bridgehead atoms. The molecule has 0 saturated heterocycles. The van der Waals surface area contributed by atoms with Crippen molar-refractivity contribution in [3.63, 3.8) is 0 Å². The average Bonchev–Trinajstić information content (AvgIpc) is 2.63. The first-order valence-electron chi connectivity index (χ1n) is 8.82. The predicted molar refractivity (Wildman–Crippen MR) is 94.4 cm³/mol. The lowest BCUT2D eigenvalue weighted by Gasteiger charge is -2.19. The molecule has 0 N–H and O–H groups in total. The molecule has 146 valence electrons. The van der Waals surface area contributed by atoms with Gasteiger partial charge in [-0.05, 0) is 49.1 Å². The summed E-state index contributed by atoms with van der Waals surface area (Å²) in [6, 6.07) is 6.55. The Labute approximate surface area is 152 Å². The number of halogens is 4. The summed E-state index contributed by atoms with van der Waals surface area (Å²) in [4.78, 5) is 12.9. The Hall–Kier alpha value is -1.85. The van der Waals surface area contributed by atoms with Crippen molar-refractivity contribution in [1.29, 1.82) is 0 Å². The first-order valence-corrected chi connectivity index (χ1v) is 8.82. The van der Waals surface area contributed by atoms with Gasteiger partial charge >= 0.3 is 12.3 Å². The van der Waals surface area contributed by atoms with Crippen molar-refractivity contribution in [3.8, 4) is 5.75 Å². The minimum atomic E-state index is -4.04. The first kappa shape index (κ1) is 22.2. The third-order valence-electron chi connectivity index (χ3n) is 4.18. The van der Waals surface area contributed by atoms with Crippen molar-refractivity contribution in [2.45, 2.75) is 64.7 Å². The molecule has 0 aliphatic rings. The van der Waals surface area contributed by atoms with Gasteiger partial charge in [-0.25, -0.2) is 17.6 Å². The molecular formula is C20H26F4O2. The largest absolute Gasteiger partial charge is 0.497 e. The minimum absolute atomic E-state index is 0.206. The topological polar surface area (TPSA) is 26.3 Å². The van der Waals surface area contributed by atoms with Gasteiger partial charge in [0.15, 0.2) is 5.78 Å². The molecule has 6 heteroatoms. The van der Waals surface area contributed by atoms with Gasteiger partial charge in [0.25, 0.3) is 0 Å². The van der Waals surface area contributed by atoms with Crippen LogP contribution in [0.2, 0.25) is 0 Å². The van der Waals surface area contributed by atoms with Crippen molar-refractivity contribution in [1.82, 2.24) is 0 Å². The lowest BCUT2D eigenvalue weighted by atomic mass is 9.89. The van der Waals surface area contributed by atoms with Crippen LogP contribution in [0.15, 0.2) is 35.4 Å². The highest BCUT2D eigenvalue weighted by molar-refractivity contribution is 6.09. The Bertz CT molecular complexity index is 607. The second-order valence-electron chi connectivity index (χ2n) is 6.20. The average molecular weight is 374 g/mol. The number of ether oxygens (including phenoxy) is 1. The lowest BCUT2D eigenvalue weighted by molar-refractivity contribution is -0.132. The van der Waals surface area contributed by atoms with Gasteiger partial charge in [-0.2, -0.15) is 0 Å². The van der Waals surface area contributed by atoms with Crippen LogP contribution in [0.25, 0.3) is 0 Å². The van der Waals surface area contributed by atoms with Gasteiger partial charge in [0, 0.05) is 12.0 Å². The Morgan fingerprint density at radius 3 is 2.08 bits per heavy atom. The van der Waals surface area contributed by atoms with E-state index in [9.17, 15) is 22.4 Å². The minimum Gasteiger partial charge on any atom is -0.497 e. The Balaban J connectivity index is 3.16. The zero-order valence-corrected chi connectivity index (χ0v) is 15.5. The fourth-order valence-corrected chi connectivity index (χ4v) is 2.77. The van der Waals surface area contributed by atoms with E-state index in [-0.39, 0.29) is 12.2 Å². The molecule has 1 aromatic rings. The summed E-state index contributed by atoms with van der Waals surface area (Å²) < 4.78 is 56.6. The van der Waals surface area contributed by atoms with Gasteiger partial charge in [-0.3, -0.25) is 4.79 Å². The zero-order chi connectivity index (χ0) is 19.7. The molecule has 0 spiro atoms. The van der Waals surface area contributed by atoms with Gasteiger partial charge in [0.05, 0.1) is 7.11 Å². The van der Waals surface area contributed by atoms with E-state index in [0.29, 0.717) is 48.1 Å². The molecule has 0 heterocycles. The smallest absolute Gasteiger partial charge is 0.307 e. The fraction of sp³-hybridized carbons (Fsp3) is 0.550. The number of hydrogen-bond donors (Lipinski definition) is 0. The van der Waals surface area contributed by atoms with Crippen molar-refractivity contribution < 1.29 is 27.1 Å². The number of allylic oxidation sites excluding steroid dienone is 2. The summed E-state index contributed by atoms with van der Waals surface area (Å²) in [5.41, 5.74) is 1.45. The molecule has 0 unspecified atom stereocenters. The standard InChI is InChI=1S/C20H26F4O2/c1-4-6-14(12-13-20(23,24)19(21)22)17(7-5-2)18(25)15-8-10-16(26-3)11-9-15/h8-11,19H,4-7,12-13H2,1-3H3/b17-14-. The molecule has 0 aliphatic heterocycles. The van der Waals surface area contributed by atoms with Crippen LogP contribution in [0, 0.1) is 0 Å². The Kier molecular flexibility index (Phi) is 8.82. The number of ketones is 1. The second kappa shape index (κ2) is 10.3. The number of alkyl halides is 4. The fourth-order valence-electron chi connectivity index (χ4n) is 2.77. The van der Waals surface area contributed by atoms with E-state index in [4.69, 9.17) is 4.74 Å². The first-order chi connectivity index (χ1) is 12.3. The summed E-state index contributed by atoms with van der Waals surface area (Å²) in [7, 11) is 1.52. The van der Waals surface area contributed by atoms with Crippen molar-refractivity contribution in [2.24, 2.45) is 0 Å². The van der Waals surface area contributed by atoms with Crippen LogP contribution in [0.3, 0.4) is 0 Å². The van der Waals surface area contributed by atoms with E-state index < -0.39 is 18.8 Å². The van der Waals surface area contributed by atoms with Crippen LogP contribution in [0.5, 0.6) is 5.75 Å². The van der Waals surface area contributed by atoms with E-state index in [1.807, 2.05) is 13.8 Å². The van der Waals surface area contributed by atoms with Gasteiger partial charge < -0.3 is 4.74 Å². The van der Waals surface area contributed by atoms with E-state index >= 15 is 0 Å². The monoisotopic (exact) mass is 374 g/mol. The van der Waals surface area contributed by atoms with Crippen LogP contribution in [-0.2, 0) is 0 Å². The van der Waals surface area contributed by atoms with Crippen molar-refractivity contribution in [3.05, 3.63) is 41.0 Å². The number of rotatable bonds is 11. The van der Waals surface area contributed by atoms with Gasteiger partial charge in [0.1, 0.15) is 5.75 Å². The Morgan fingerprint density at radius 1 is 1.04 bits per heavy atom. The van der Waals surface area contributed by atoms with E-state index in [1.54, 1.807) is 24.3 Å². The molecule has 0 aliphatic carbocycles. The maximum atomic E-state index is 13.3. The summed E-state index contributed by atoms with van der Waals surface area (Å²) in [6.45, 7) is 3.76. The third kappa shape index (κ3) is 6.15. The normalized spacial score (nSPS) is 12.9. The SMILES string of the molecule is CCC/C(CCC(F)(F)C(F)F)=C(\CCC)C(=O)c1ccc(OC)cc1. The van der Waals surface area contributed by atoms with Gasteiger partial charge in [0.2, 0.25) is 0 Å². The molecule has 0 fully saturated rings. The van der Waals surface area contributed by atoms with Crippen LogP contribution in [-0.4, -0.2) is 25.2 Å². The summed E-state index contributed by atoms with van der Waals surface area (Å²) in [5.74, 6) is -3.68. The van der Waals surface area contributed by atoms with E-state index in [1.165, 1.54) is 7.11 Å². The highest BCUT2D eigenvalue weighted by Crippen LogP contribution is 2.33. The maximum Gasteiger partial charge on any atom is 0.307 e. The number of hydrogen-bond acceptors (Lipinski definition) is 2. The van der Waals surface area contributed by atoms with Crippen LogP contribution >= 0.6 is 0 Å². The number of carbonyl (C=O) groups is 1. The second-order valence-corrected chi connectivity index (χ2v) is 6.20. The third-order valence-corrected chi connectivity index (χ3v) is 4.18. The summed E-state index contributed by atoms with van der Waals surface area (Å²) in [5, 5.41) is 0. The molecular weight excluding hydrogens is 348 g/mol. The number of benzene rings is 1. The highest BCUT2D eigenvalue weighted by atomic mass is 19.3. The quantitative estimate of drug-likeness (QED) is 0.253. The van der Waals surface area contributed by atoms with Gasteiger partial charge in [-0.1, -0.05) is 32.3 Å². The molecule has 0 saturated carbocycles. The number of carbonyl (C=O) groups excluding carboxylic acids is 1. The van der Waals surface area contributed by atoms with Crippen LogP contribution < -0.4 is 4.74 Å². The molecule has 0 radical (unpaired) electrons. The van der Waals surface area contributed by atoms with Crippen molar-refractivity contribution >= 4 is 5.78 Å². The molecule has 2 nitrogen and oxygen atoms in total. The van der Waals surface area contributed by atoms with Crippen LogP contribution in [0.4, 0.5) is 17.6 Å². The molecule has 26 heavy (non-hydrogen) atoms. The maximum absolute atomic E-state index is 13.3. The Morgan fingerprint density at radius 2 is 1.62 bits per heavy atom. The molecule has 0 amide bonds. The molecule has 1 rings (SSSR count). The molecule has 0 aromatic heterocycles. The van der Waals surface area contributed by atoms with Gasteiger partial charge in [-0.15, -0.1) is 0 Å². The summed E-state index contributed by atoms with van der Waals surface area (Å²) >= 11 is 0. The molecule has 0 atom stereocenters.